The summed E-state index contributed by atoms with van der Waals surface area (Å²) < 4.78 is 19.8. The normalized spacial score (nSPS) is 23.5. The molecule has 1 unspecified atom stereocenters. The molecule has 0 aromatic heterocycles. The molecule has 0 saturated carbocycles. The molecule has 1 heterocycles. The number of hydrogen-bond donors (Lipinski definition) is 1. The van der Waals surface area contributed by atoms with Crippen molar-refractivity contribution in [3.63, 3.8) is 0 Å². The number of fused-ring (bicyclic) bond motifs is 1. The molecule has 0 radical (unpaired) electrons. The Kier molecular flexibility index (Phi) is 1.73. The maximum atomic E-state index is 10.9. The van der Waals surface area contributed by atoms with Crippen molar-refractivity contribution < 1.29 is 23.4 Å². The zero-order chi connectivity index (χ0) is 10.3. The fourth-order valence-corrected chi connectivity index (χ4v) is 1.91. The average Bonchev–Trinajstić information content (AvgIpc) is 2.36. The Hall–Kier alpha value is -1.59. The second-order valence-electron chi connectivity index (χ2n) is 2.51. The van der Waals surface area contributed by atoms with E-state index in [1.54, 1.807) is 0 Å². The Morgan fingerprint density at radius 1 is 1.43 bits per heavy atom. The minimum atomic E-state index is -4.20. The first-order chi connectivity index (χ1) is 6.49. The van der Waals surface area contributed by atoms with Gasteiger partial charge in [0.1, 0.15) is 0 Å². The van der Waals surface area contributed by atoms with E-state index in [1.165, 1.54) is 12.1 Å². The highest BCUT2D eigenvalue weighted by Crippen LogP contribution is 2.58. The van der Waals surface area contributed by atoms with Crippen molar-refractivity contribution in [2.24, 2.45) is 0 Å². The van der Waals surface area contributed by atoms with Gasteiger partial charge in [-0.25, -0.2) is 4.57 Å². The second kappa shape index (κ2) is 2.70. The zero-order valence-corrected chi connectivity index (χ0v) is 7.51. The Morgan fingerprint density at radius 2 is 2.14 bits per heavy atom. The second-order valence-corrected chi connectivity index (χ2v) is 3.81. The minimum absolute atomic E-state index is 0.0926. The lowest BCUT2D eigenvalue weighted by atomic mass is 10.3. The lowest BCUT2D eigenvalue weighted by molar-refractivity contribution is -0.385. The van der Waals surface area contributed by atoms with Crippen LogP contribution in [-0.2, 0) is 4.57 Å². The first-order valence-electron chi connectivity index (χ1n) is 3.49. The van der Waals surface area contributed by atoms with Crippen LogP contribution in [0.3, 0.4) is 0 Å². The Morgan fingerprint density at radius 3 is 2.79 bits per heavy atom. The van der Waals surface area contributed by atoms with Crippen molar-refractivity contribution in [3.05, 3.63) is 28.3 Å². The van der Waals surface area contributed by atoms with Crippen LogP contribution in [0.2, 0.25) is 0 Å². The molecule has 1 N–H and O–H groups in total. The van der Waals surface area contributed by atoms with Crippen molar-refractivity contribution in [3.8, 4) is 11.5 Å². The molecule has 14 heavy (non-hydrogen) atoms. The first-order valence-corrected chi connectivity index (χ1v) is 4.98. The lowest BCUT2D eigenvalue weighted by Crippen LogP contribution is -1.91. The third-order valence-corrected chi connectivity index (χ3v) is 2.42. The standard InChI is InChI=1S/C6H4NO6P/c8-7(9)4-2-1-3-5-6(4)13-14(10,11)12-5/h1-3H,(H,10,11). The van der Waals surface area contributed by atoms with E-state index in [2.05, 4.69) is 9.05 Å². The quantitative estimate of drug-likeness (QED) is 0.434. The zero-order valence-electron chi connectivity index (χ0n) is 6.61. The summed E-state index contributed by atoms with van der Waals surface area (Å²) in [4.78, 5) is 18.7. The highest BCUT2D eigenvalue weighted by molar-refractivity contribution is 7.48. The van der Waals surface area contributed by atoms with E-state index in [0.29, 0.717) is 0 Å². The fourth-order valence-electron chi connectivity index (χ4n) is 1.07. The molecule has 1 aliphatic heterocycles. The fraction of sp³-hybridized carbons (Fsp3) is 0. The van der Waals surface area contributed by atoms with Gasteiger partial charge in [0.15, 0.2) is 5.75 Å². The van der Waals surface area contributed by atoms with Crippen molar-refractivity contribution in [2.75, 3.05) is 0 Å². The summed E-state index contributed by atoms with van der Waals surface area (Å²) in [6, 6.07) is 3.82. The molecule has 7 nitrogen and oxygen atoms in total. The molecule has 0 bridgehead atoms. The van der Waals surface area contributed by atoms with E-state index in [1.807, 2.05) is 0 Å². The number of nitro benzene ring substituents is 1. The first kappa shape index (κ1) is 8.98. The molecule has 1 atom stereocenters. The number of rotatable bonds is 1. The molecular formula is C6H4NO6P. The van der Waals surface area contributed by atoms with Crippen LogP contribution in [-0.4, -0.2) is 9.82 Å². The van der Waals surface area contributed by atoms with E-state index in [-0.39, 0.29) is 11.5 Å². The molecular weight excluding hydrogens is 213 g/mol. The van der Waals surface area contributed by atoms with Gasteiger partial charge in [0, 0.05) is 6.07 Å². The van der Waals surface area contributed by atoms with Gasteiger partial charge < -0.3 is 9.05 Å². The van der Waals surface area contributed by atoms with Crippen LogP contribution >= 0.6 is 7.82 Å². The summed E-state index contributed by atoms with van der Waals surface area (Å²) in [5.74, 6) is -0.395. The molecule has 1 aromatic rings. The Labute approximate surface area is 77.6 Å². The minimum Gasteiger partial charge on any atom is -0.391 e. The molecule has 74 valence electrons. The van der Waals surface area contributed by atoms with Crippen LogP contribution < -0.4 is 9.05 Å². The molecule has 0 saturated heterocycles. The molecule has 0 amide bonds. The Bertz CT molecular complexity index is 458. The number of benzene rings is 1. The number of phosphoric ester groups is 1. The Balaban J connectivity index is 2.57. The van der Waals surface area contributed by atoms with Crippen LogP contribution in [0.5, 0.6) is 11.5 Å². The highest BCUT2D eigenvalue weighted by Gasteiger charge is 2.39. The predicted molar refractivity (Wildman–Crippen MR) is 44.2 cm³/mol. The van der Waals surface area contributed by atoms with Gasteiger partial charge in [0.2, 0.25) is 0 Å². The van der Waals surface area contributed by atoms with E-state index in [4.69, 9.17) is 4.89 Å². The van der Waals surface area contributed by atoms with Gasteiger partial charge in [-0.1, -0.05) is 6.07 Å². The summed E-state index contributed by atoms with van der Waals surface area (Å²) in [7, 11) is -4.20. The summed E-state index contributed by atoms with van der Waals surface area (Å²) in [6.45, 7) is 0. The van der Waals surface area contributed by atoms with Crippen LogP contribution in [0.25, 0.3) is 0 Å². The van der Waals surface area contributed by atoms with Gasteiger partial charge in [0.05, 0.1) is 4.92 Å². The molecule has 2 rings (SSSR count). The summed E-state index contributed by atoms with van der Waals surface area (Å²) >= 11 is 0. The SMILES string of the molecule is O=[N+]([O-])c1cccc2c1OP(=O)(O)O2. The third-order valence-electron chi connectivity index (χ3n) is 1.58. The average molecular weight is 217 g/mol. The van der Waals surface area contributed by atoms with Gasteiger partial charge in [0.25, 0.3) is 5.75 Å². The molecule has 1 aliphatic rings. The van der Waals surface area contributed by atoms with Crippen molar-refractivity contribution in [1.82, 2.24) is 0 Å². The number of hydrogen-bond acceptors (Lipinski definition) is 5. The van der Waals surface area contributed by atoms with E-state index < -0.39 is 18.4 Å². The van der Waals surface area contributed by atoms with Gasteiger partial charge in [-0.3, -0.25) is 15.0 Å². The van der Waals surface area contributed by atoms with Crippen molar-refractivity contribution >= 4 is 13.5 Å². The number of nitro groups is 1. The molecule has 0 spiro atoms. The highest BCUT2D eigenvalue weighted by atomic mass is 31.2. The van der Waals surface area contributed by atoms with E-state index in [0.717, 1.165) is 6.07 Å². The van der Waals surface area contributed by atoms with Crippen LogP contribution in [0.1, 0.15) is 0 Å². The molecule has 8 heteroatoms. The number of para-hydroxylation sites is 1. The number of phosphoric acid groups is 1. The largest absolute Gasteiger partial charge is 0.585 e. The monoisotopic (exact) mass is 217 g/mol. The lowest BCUT2D eigenvalue weighted by Gasteiger charge is -1.97. The summed E-state index contributed by atoms with van der Waals surface area (Å²) in [5.41, 5.74) is -0.394. The number of nitrogens with zero attached hydrogens (tertiary/aromatic N) is 1. The summed E-state index contributed by atoms with van der Waals surface area (Å²) in [6.07, 6.45) is 0. The topological polar surface area (TPSA) is 98.9 Å². The van der Waals surface area contributed by atoms with Crippen LogP contribution in [0.15, 0.2) is 18.2 Å². The van der Waals surface area contributed by atoms with Crippen LogP contribution in [0.4, 0.5) is 5.69 Å². The summed E-state index contributed by atoms with van der Waals surface area (Å²) in [5, 5.41) is 10.5. The van der Waals surface area contributed by atoms with Gasteiger partial charge in [-0.05, 0) is 6.07 Å². The van der Waals surface area contributed by atoms with Crippen molar-refractivity contribution in [1.29, 1.82) is 0 Å². The van der Waals surface area contributed by atoms with Gasteiger partial charge in [-0.15, -0.1) is 0 Å². The van der Waals surface area contributed by atoms with E-state index in [9.17, 15) is 14.7 Å². The molecule has 0 aliphatic carbocycles. The van der Waals surface area contributed by atoms with Crippen LogP contribution in [0, 0.1) is 10.1 Å². The predicted octanol–water partition coefficient (Wildman–Crippen LogP) is 1.47. The van der Waals surface area contributed by atoms with Gasteiger partial charge >= 0.3 is 13.5 Å². The van der Waals surface area contributed by atoms with Gasteiger partial charge in [-0.2, -0.15) is 0 Å². The maximum absolute atomic E-state index is 10.9. The third kappa shape index (κ3) is 1.32. The molecule has 0 fully saturated rings. The smallest absolute Gasteiger partial charge is 0.391 e. The molecule has 1 aromatic carbocycles. The maximum Gasteiger partial charge on any atom is 0.585 e. The van der Waals surface area contributed by atoms with Crippen molar-refractivity contribution in [2.45, 2.75) is 0 Å². The van der Waals surface area contributed by atoms with E-state index >= 15 is 0 Å².